The predicted molar refractivity (Wildman–Crippen MR) is 73.9 cm³/mol. The summed E-state index contributed by atoms with van der Waals surface area (Å²) in [4.78, 5) is 0. The van der Waals surface area contributed by atoms with Crippen LogP contribution < -0.4 is 5.73 Å². The van der Waals surface area contributed by atoms with Crippen molar-refractivity contribution >= 4 is 23.2 Å². The molecule has 0 aromatic heterocycles. The van der Waals surface area contributed by atoms with E-state index in [0.29, 0.717) is 11.6 Å². The van der Waals surface area contributed by atoms with E-state index >= 15 is 0 Å². The molecule has 0 spiro atoms. The molecule has 0 bridgehead atoms. The molecule has 0 fully saturated rings. The lowest BCUT2D eigenvalue weighted by atomic mass is 9.97. The molecule has 7 heteroatoms. The third kappa shape index (κ3) is 3.31. The maximum atomic E-state index is 13.3. The van der Waals surface area contributed by atoms with Gasteiger partial charge in [0, 0.05) is 15.6 Å². The summed E-state index contributed by atoms with van der Waals surface area (Å²) in [6, 6.07) is 6.21. The normalized spacial score (nSPS) is 13.3. The number of hydrogen-bond donors (Lipinski definition) is 1. The first-order valence-electron chi connectivity index (χ1n) is 5.78. The van der Waals surface area contributed by atoms with Crippen LogP contribution in [0, 0.1) is 5.82 Å². The zero-order chi connectivity index (χ0) is 15.8. The average molecular weight is 338 g/mol. The largest absolute Gasteiger partial charge is 0.419 e. The Morgan fingerprint density at radius 2 is 1.57 bits per heavy atom. The quantitative estimate of drug-likeness (QED) is 0.749. The Balaban J connectivity index is 2.52. The van der Waals surface area contributed by atoms with E-state index in [-0.39, 0.29) is 15.6 Å². The minimum absolute atomic E-state index is 0.0683. The molecule has 0 radical (unpaired) electrons. The fraction of sp³-hybridized carbons (Fsp3) is 0.143. The zero-order valence-corrected chi connectivity index (χ0v) is 11.9. The minimum atomic E-state index is -4.80. The smallest absolute Gasteiger partial charge is 0.320 e. The van der Waals surface area contributed by atoms with E-state index < -0.39 is 23.6 Å². The Bertz CT molecular complexity index is 650. The van der Waals surface area contributed by atoms with E-state index in [2.05, 4.69) is 0 Å². The molecule has 0 aliphatic carbocycles. The topological polar surface area (TPSA) is 26.0 Å². The SMILES string of the molecule is NC(c1ccc(F)c(C(F)(F)F)c1)c1c(Cl)cccc1Cl. The second kappa shape index (κ2) is 5.83. The number of benzene rings is 2. The van der Waals surface area contributed by atoms with Gasteiger partial charge in [0.2, 0.25) is 0 Å². The Morgan fingerprint density at radius 3 is 2.10 bits per heavy atom. The van der Waals surface area contributed by atoms with Crippen LogP contribution in [0.4, 0.5) is 17.6 Å². The summed E-state index contributed by atoms with van der Waals surface area (Å²) in [6.45, 7) is 0. The van der Waals surface area contributed by atoms with Crippen molar-refractivity contribution in [2.75, 3.05) is 0 Å². The van der Waals surface area contributed by atoms with Crippen LogP contribution in [0.3, 0.4) is 0 Å². The summed E-state index contributed by atoms with van der Waals surface area (Å²) in [7, 11) is 0. The highest BCUT2D eigenvalue weighted by Crippen LogP contribution is 2.36. The van der Waals surface area contributed by atoms with Gasteiger partial charge in [-0.1, -0.05) is 35.3 Å². The molecule has 2 aromatic rings. The van der Waals surface area contributed by atoms with Crippen LogP contribution in [0.25, 0.3) is 0 Å². The summed E-state index contributed by atoms with van der Waals surface area (Å²) in [5.41, 5.74) is 4.91. The third-order valence-corrected chi connectivity index (χ3v) is 3.62. The predicted octanol–water partition coefficient (Wildman–Crippen LogP) is 5.20. The van der Waals surface area contributed by atoms with E-state index in [1.54, 1.807) is 6.07 Å². The summed E-state index contributed by atoms with van der Waals surface area (Å²) >= 11 is 11.9. The number of nitrogens with two attached hydrogens (primary N) is 1. The van der Waals surface area contributed by atoms with Gasteiger partial charge in [0.05, 0.1) is 11.6 Å². The Kier molecular flexibility index (Phi) is 4.46. The summed E-state index contributed by atoms with van der Waals surface area (Å²) in [5, 5.41) is 0.459. The van der Waals surface area contributed by atoms with Crippen molar-refractivity contribution in [1.82, 2.24) is 0 Å². The van der Waals surface area contributed by atoms with Gasteiger partial charge in [0.1, 0.15) is 5.82 Å². The first-order chi connectivity index (χ1) is 9.71. The molecule has 0 saturated heterocycles. The molecule has 0 heterocycles. The number of rotatable bonds is 2. The molecule has 0 aliphatic rings. The van der Waals surface area contributed by atoms with Gasteiger partial charge in [0.15, 0.2) is 0 Å². The molecule has 0 aliphatic heterocycles. The van der Waals surface area contributed by atoms with Crippen molar-refractivity contribution in [2.45, 2.75) is 12.2 Å². The van der Waals surface area contributed by atoms with Crippen LogP contribution in [0.5, 0.6) is 0 Å². The number of hydrogen-bond acceptors (Lipinski definition) is 1. The number of halogens is 6. The lowest BCUT2D eigenvalue weighted by Crippen LogP contribution is -2.16. The van der Waals surface area contributed by atoms with Crippen LogP contribution in [-0.2, 0) is 6.18 Å². The molecule has 1 nitrogen and oxygen atoms in total. The first-order valence-corrected chi connectivity index (χ1v) is 6.53. The minimum Gasteiger partial charge on any atom is -0.320 e. The molecule has 112 valence electrons. The van der Waals surface area contributed by atoms with Gasteiger partial charge in [-0.2, -0.15) is 13.2 Å². The van der Waals surface area contributed by atoms with Gasteiger partial charge in [-0.3, -0.25) is 0 Å². The lowest BCUT2D eigenvalue weighted by molar-refractivity contribution is -0.140. The summed E-state index contributed by atoms with van der Waals surface area (Å²) < 4.78 is 51.4. The molecule has 21 heavy (non-hydrogen) atoms. The Hall–Kier alpha value is -1.30. The van der Waals surface area contributed by atoms with Crippen molar-refractivity contribution in [3.05, 3.63) is 69.0 Å². The molecule has 0 amide bonds. The second-order valence-corrected chi connectivity index (χ2v) is 5.16. The molecule has 2 aromatic carbocycles. The summed E-state index contributed by atoms with van der Waals surface area (Å²) in [6.07, 6.45) is -4.80. The van der Waals surface area contributed by atoms with Gasteiger partial charge in [-0.05, 0) is 29.8 Å². The molecule has 1 atom stereocenters. The van der Waals surface area contributed by atoms with Crippen LogP contribution in [-0.4, -0.2) is 0 Å². The van der Waals surface area contributed by atoms with E-state index in [4.69, 9.17) is 28.9 Å². The zero-order valence-electron chi connectivity index (χ0n) is 10.4. The van der Waals surface area contributed by atoms with E-state index in [9.17, 15) is 17.6 Å². The van der Waals surface area contributed by atoms with E-state index in [0.717, 1.165) is 6.07 Å². The van der Waals surface area contributed by atoms with Crippen molar-refractivity contribution in [3.63, 3.8) is 0 Å². The lowest BCUT2D eigenvalue weighted by Gasteiger charge is -2.17. The van der Waals surface area contributed by atoms with Gasteiger partial charge in [-0.15, -0.1) is 0 Å². The fourth-order valence-corrected chi connectivity index (χ4v) is 2.56. The average Bonchev–Trinajstić information content (AvgIpc) is 2.37. The standard InChI is InChI=1S/C14H9Cl2F4N/c15-9-2-1-3-10(16)12(9)13(21)7-4-5-11(17)8(6-7)14(18,19)20/h1-6,13H,21H2. The highest BCUT2D eigenvalue weighted by molar-refractivity contribution is 6.36. The first kappa shape index (κ1) is 16.1. The van der Waals surface area contributed by atoms with Gasteiger partial charge in [0.25, 0.3) is 0 Å². The Morgan fingerprint density at radius 1 is 1.00 bits per heavy atom. The second-order valence-electron chi connectivity index (χ2n) is 4.35. The van der Waals surface area contributed by atoms with Crippen LogP contribution in [0.2, 0.25) is 10.0 Å². The van der Waals surface area contributed by atoms with Crippen molar-refractivity contribution in [1.29, 1.82) is 0 Å². The van der Waals surface area contributed by atoms with E-state index in [1.807, 2.05) is 0 Å². The third-order valence-electron chi connectivity index (χ3n) is 2.97. The van der Waals surface area contributed by atoms with Crippen LogP contribution >= 0.6 is 23.2 Å². The van der Waals surface area contributed by atoms with Crippen LogP contribution in [0.15, 0.2) is 36.4 Å². The monoisotopic (exact) mass is 337 g/mol. The molecule has 0 saturated carbocycles. The maximum absolute atomic E-state index is 13.3. The Labute approximate surface area is 128 Å². The maximum Gasteiger partial charge on any atom is 0.419 e. The van der Waals surface area contributed by atoms with Gasteiger partial charge in [-0.25, -0.2) is 4.39 Å². The molecule has 2 rings (SSSR count). The summed E-state index contributed by atoms with van der Waals surface area (Å²) in [5.74, 6) is -1.36. The fourth-order valence-electron chi connectivity index (χ4n) is 1.93. The van der Waals surface area contributed by atoms with Gasteiger partial charge < -0.3 is 5.73 Å². The molecule has 1 unspecified atom stereocenters. The number of alkyl halides is 3. The van der Waals surface area contributed by atoms with Gasteiger partial charge >= 0.3 is 6.18 Å². The molecule has 2 N–H and O–H groups in total. The molecular weight excluding hydrogens is 329 g/mol. The molecular formula is C14H9Cl2F4N. The van der Waals surface area contributed by atoms with E-state index in [1.165, 1.54) is 18.2 Å². The van der Waals surface area contributed by atoms with Crippen LogP contribution in [0.1, 0.15) is 22.7 Å². The highest BCUT2D eigenvalue weighted by Gasteiger charge is 2.34. The van der Waals surface area contributed by atoms with Crippen molar-refractivity contribution in [3.8, 4) is 0 Å². The van der Waals surface area contributed by atoms with Crippen molar-refractivity contribution in [2.24, 2.45) is 5.73 Å². The van der Waals surface area contributed by atoms with Crippen molar-refractivity contribution < 1.29 is 17.6 Å². The highest BCUT2D eigenvalue weighted by atomic mass is 35.5.